The second-order valence-electron chi connectivity index (χ2n) is 5.81. The van der Waals surface area contributed by atoms with Crippen molar-refractivity contribution in [2.75, 3.05) is 37.7 Å². The van der Waals surface area contributed by atoms with Gasteiger partial charge in [0.15, 0.2) is 0 Å². The average molecular weight is 362 g/mol. The third-order valence-electron chi connectivity index (χ3n) is 3.81. The lowest BCUT2D eigenvalue weighted by Crippen LogP contribution is -2.47. The van der Waals surface area contributed by atoms with Crippen molar-refractivity contribution in [1.29, 1.82) is 0 Å². The molecule has 1 aromatic heterocycles. The van der Waals surface area contributed by atoms with Crippen LogP contribution in [-0.4, -0.2) is 64.1 Å². The Morgan fingerprint density at radius 3 is 3.04 bits per heavy atom. The Kier molecular flexibility index (Phi) is 6.26. The Hall–Kier alpha value is -2.10. The monoisotopic (exact) mass is 362 g/mol. The van der Waals surface area contributed by atoms with E-state index in [2.05, 4.69) is 37.5 Å². The van der Waals surface area contributed by atoms with E-state index in [1.807, 2.05) is 18.2 Å². The molecule has 1 unspecified atom stereocenters. The van der Waals surface area contributed by atoms with Crippen LogP contribution in [0.1, 0.15) is 5.56 Å². The van der Waals surface area contributed by atoms with Gasteiger partial charge in [0.05, 0.1) is 18.5 Å². The zero-order valence-corrected chi connectivity index (χ0v) is 14.7. The number of amides is 1. The summed E-state index contributed by atoms with van der Waals surface area (Å²) < 4.78 is 5.75. The van der Waals surface area contributed by atoms with Crippen LogP contribution in [0.4, 0.5) is 5.95 Å². The molecule has 134 valence electrons. The maximum absolute atomic E-state index is 11.9. The van der Waals surface area contributed by atoms with Crippen molar-refractivity contribution < 1.29 is 9.53 Å². The number of nitrogen functional groups attached to an aromatic ring is 1. The van der Waals surface area contributed by atoms with Crippen molar-refractivity contribution in [2.45, 2.75) is 17.8 Å². The molecule has 0 bridgehead atoms. The smallest absolute Gasteiger partial charge is 0.230 e. The standard InChI is InChI=1S/C16H22N6O2S/c17-15-19-16(21-20-15)25-11-14(23)18-8-13-10-22(6-7-24-13)9-12-4-2-1-3-5-12/h1-5,13H,6-11H2,(H,18,23)(H3,17,19,20,21). The lowest BCUT2D eigenvalue weighted by molar-refractivity contribution is -0.119. The predicted molar refractivity (Wildman–Crippen MR) is 96.0 cm³/mol. The molecule has 4 N–H and O–H groups in total. The number of carbonyl (C=O) groups is 1. The highest BCUT2D eigenvalue weighted by atomic mass is 32.2. The van der Waals surface area contributed by atoms with E-state index in [0.717, 1.165) is 19.6 Å². The number of hydrogen-bond acceptors (Lipinski definition) is 7. The minimum absolute atomic E-state index is 0.00515. The first-order valence-electron chi connectivity index (χ1n) is 8.14. The van der Waals surface area contributed by atoms with E-state index < -0.39 is 0 Å². The molecule has 1 fully saturated rings. The van der Waals surface area contributed by atoms with Crippen LogP contribution >= 0.6 is 11.8 Å². The van der Waals surface area contributed by atoms with Crippen molar-refractivity contribution in [3.8, 4) is 0 Å². The fraction of sp³-hybridized carbons (Fsp3) is 0.438. The summed E-state index contributed by atoms with van der Waals surface area (Å²) in [5.41, 5.74) is 6.73. The molecule has 1 aromatic carbocycles. The predicted octanol–water partition coefficient (Wildman–Crippen LogP) is 0.496. The van der Waals surface area contributed by atoms with E-state index >= 15 is 0 Å². The molecule has 1 atom stereocenters. The highest BCUT2D eigenvalue weighted by molar-refractivity contribution is 7.99. The Balaban J connectivity index is 1.38. The summed E-state index contributed by atoms with van der Waals surface area (Å²) in [6.07, 6.45) is 0.00515. The highest BCUT2D eigenvalue weighted by Gasteiger charge is 2.21. The molecular weight excluding hydrogens is 340 g/mol. The molecule has 9 heteroatoms. The van der Waals surface area contributed by atoms with Gasteiger partial charge in [-0.15, -0.1) is 5.10 Å². The first-order valence-corrected chi connectivity index (χ1v) is 9.13. The molecule has 8 nitrogen and oxygen atoms in total. The molecule has 2 heterocycles. The van der Waals surface area contributed by atoms with Crippen LogP contribution in [0.15, 0.2) is 35.5 Å². The molecule has 0 spiro atoms. The lowest BCUT2D eigenvalue weighted by Gasteiger charge is -2.33. The van der Waals surface area contributed by atoms with Crippen LogP contribution in [-0.2, 0) is 16.1 Å². The first kappa shape index (κ1) is 17.7. The fourth-order valence-corrected chi connectivity index (χ4v) is 3.26. The largest absolute Gasteiger partial charge is 0.374 e. The molecule has 2 aromatic rings. The Morgan fingerprint density at radius 1 is 1.44 bits per heavy atom. The van der Waals surface area contributed by atoms with Crippen LogP contribution < -0.4 is 11.1 Å². The van der Waals surface area contributed by atoms with E-state index in [4.69, 9.17) is 10.5 Å². The summed E-state index contributed by atoms with van der Waals surface area (Å²) >= 11 is 1.24. The molecule has 0 aliphatic carbocycles. The normalized spacial score (nSPS) is 18.2. The van der Waals surface area contributed by atoms with Gasteiger partial charge in [-0.05, 0) is 5.56 Å². The van der Waals surface area contributed by atoms with Crippen molar-refractivity contribution in [3.05, 3.63) is 35.9 Å². The zero-order chi connectivity index (χ0) is 17.5. The van der Waals surface area contributed by atoms with Crippen LogP contribution in [0.2, 0.25) is 0 Å². The summed E-state index contributed by atoms with van der Waals surface area (Å²) in [5.74, 6) is 0.423. The number of anilines is 1. The molecular formula is C16H22N6O2S. The molecule has 1 amide bonds. The fourth-order valence-electron chi connectivity index (χ4n) is 2.62. The van der Waals surface area contributed by atoms with E-state index in [1.165, 1.54) is 17.3 Å². The van der Waals surface area contributed by atoms with Gasteiger partial charge in [-0.2, -0.15) is 4.98 Å². The van der Waals surface area contributed by atoms with Crippen LogP contribution in [0, 0.1) is 0 Å². The number of nitrogens with two attached hydrogens (primary N) is 1. The topological polar surface area (TPSA) is 109 Å². The molecule has 0 radical (unpaired) electrons. The summed E-state index contributed by atoms with van der Waals surface area (Å²) in [7, 11) is 0. The van der Waals surface area contributed by atoms with Crippen molar-refractivity contribution in [2.24, 2.45) is 0 Å². The number of rotatable bonds is 7. The second-order valence-corrected chi connectivity index (χ2v) is 6.75. The Labute approximate surface area is 150 Å². The molecule has 1 aliphatic rings. The number of aromatic nitrogens is 3. The molecule has 3 rings (SSSR count). The van der Waals surface area contributed by atoms with Gasteiger partial charge in [-0.3, -0.25) is 9.69 Å². The number of ether oxygens (including phenoxy) is 1. The second kappa shape index (κ2) is 8.84. The third kappa shape index (κ3) is 5.73. The number of H-pyrrole nitrogens is 1. The number of benzene rings is 1. The van der Waals surface area contributed by atoms with Crippen LogP contribution in [0.25, 0.3) is 0 Å². The van der Waals surface area contributed by atoms with Crippen molar-refractivity contribution in [1.82, 2.24) is 25.4 Å². The van der Waals surface area contributed by atoms with Gasteiger partial charge in [0.1, 0.15) is 0 Å². The SMILES string of the molecule is Nc1nc(SCC(=O)NCC2CN(Cc3ccccc3)CCO2)n[nH]1. The van der Waals surface area contributed by atoms with E-state index in [0.29, 0.717) is 18.3 Å². The van der Waals surface area contributed by atoms with E-state index in [-0.39, 0.29) is 23.7 Å². The number of hydrogen-bond donors (Lipinski definition) is 3. The van der Waals surface area contributed by atoms with E-state index in [9.17, 15) is 4.79 Å². The minimum Gasteiger partial charge on any atom is -0.374 e. The number of nitrogens with one attached hydrogen (secondary N) is 2. The van der Waals surface area contributed by atoms with Crippen LogP contribution in [0.5, 0.6) is 0 Å². The van der Waals surface area contributed by atoms with Gasteiger partial charge in [-0.25, -0.2) is 5.10 Å². The quantitative estimate of drug-likeness (QED) is 0.615. The van der Waals surface area contributed by atoms with Crippen molar-refractivity contribution in [3.63, 3.8) is 0 Å². The summed E-state index contributed by atoms with van der Waals surface area (Å²) in [5, 5.41) is 9.79. The summed E-state index contributed by atoms with van der Waals surface area (Å²) in [6, 6.07) is 10.4. The van der Waals surface area contributed by atoms with E-state index in [1.54, 1.807) is 0 Å². The van der Waals surface area contributed by atoms with Crippen molar-refractivity contribution >= 4 is 23.6 Å². The Morgan fingerprint density at radius 2 is 2.28 bits per heavy atom. The third-order valence-corrected chi connectivity index (χ3v) is 4.66. The first-order chi connectivity index (χ1) is 12.2. The average Bonchev–Trinajstić information content (AvgIpc) is 3.05. The van der Waals surface area contributed by atoms with Gasteiger partial charge in [0.2, 0.25) is 17.0 Å². The number of carbonyl (C=O) groups excluding carboxylic acids is 1. The number of aromatic amines is 1. The summed E-state index contributed by atoms with van der Waals surface area (Å²) in [6.45, 7) is 3.79. The molecule has 25 heavy (non-hydrogen) atoms. The number of morpholine rings is 1. The van der Waals surface area contributed by atoms with Gasteiger partial charge in [-0.1, -0.05) is 42.1 Å². The number of nitrogens with zero attached hydrogens (tertiary/aromatic N) is 3. The van der Waals surface area contributed by atoms with Crippen LogP contribution in [0.3, 0.4) is 0 Å². The molecule has 1 aliphatic heterocycles. The maximum atomic E-state index is 11.9. The summed E-state index contributed by atoms with van der Waals surface area (Å²) in [4.78, 5) is 18.2. The minimum atomic E-state index is -0.0721. The van der Waals surface area contributed by atoms with Gasteiger partial charge in [0, 0.05) is 26.2 Å². The highest BCUT2D eigenvalue weighted by Crippen LogP contribution is 2.13. The molecule has 0 saturated carbocycles. The van der Waals surface area contributed by atoms with Gasteiger partial charge in [0.25, 0.3) is 0 Å². The Bertz CT molecular complexity index is 680. The van der Waals surface area contributed by atoms with Gasteiger partial charge < -0.3 is 15.8 Å². The maximum Gasteiger partial charge on any atom is 0.230 e. The zero-order valence-electron chi connectivity index (χ0n) is 13.9. The molecule has 1 saturated heterocycles. The lowest BCUT2D eigenvalue weighted by atomic mass is 10.2. The number of thioether (sulfide) groups is 1. The van der Waals surface area contributed by atoms with Gasteiger partial charge >= 0.3 is 0 Å².